The summed E-state index contributed by atoms with van der Waals surface area (Å²) in [4.78, 5) is 24.7. The van der Waals surface area contributed by atoms with Gasteiger partial charge in [0.1, 0.15) is 11.5 Å². The van der Waals surface area contributed by atoms with Crippen LogP contribution >= 0.6 is 0 Å². The van der Waals surface area contributed by atoms with Gasteiger partial charge in [0, 0.05) is 17.0 Å². The van der Waals surface area contributed by atoms with Crippen molar-refractivity contribution in [3.05, 3.63) is 95.1 Å². The van der Waals surface area contributed by atoms with E-state index in [-0.39, 0.29) is 44.5 Å². The minimum atomic E-state index is -4.18. The number of phenols is 1. The second kappa shape index (κ2) is 10.4. The molecule has 3 aromatic rings. The van der Waals surface area contributed by atoms with Crippen molar-refractivity contribution in [3.8, 4) is 11.5 Å². The number of methoxy groups -OCH3 is 1. The highest BCUT2D eigenvalue weighted by atomic mass is 32.2. The molecule has 0 spiro atoms. The van der Waals surface area contributed by atoms with Crippen molar-refractivity contribution in [2.45, 2.75) is 38.5 Å². The van der Waals surface area contributed by atoms with E-state index in [1.165, 1.54) is 25.3 Å². The molecule has 2 aliphatic carbocycles. The second-order valence-electron chi connectivity index (χ2n) is 10.7. The van der Waals surface area contributed by atoms with Crippen LogP contribution in [-0.2, 0) is 14.9 Å². The molecule has 2 fully saturated rings. The van der Waals surface area contributed by atoms with Crippen molar-refractivity contribution < 1.29 is 32.4 Å². The fourth-order valence-corrected chi connectivity index (χ4v) is 6.06. The Kier molecular flexibility index (Phi) is 7.56. The molecule has 2 saturated carbocycles. The van der Waals surface area contributed by atoms with E-state index in [2.05, 4.69) is 20.8 Å². The van der Waals surface area contributed by atoms with Gasteiger partial charge in [-0.3, -0.25) is 14.1 Å². The number of ether oxygens (including phenoxy) is 1. The van der Waals surface area contributed by atoms with Crippen LogP contribution in [0.15, 0.2) is 83.3 Å². The van der Waals surface area contributed by atoms with Crippen LogP contribution in [0, 0.1) is 16.7 Å². The molecule has 204 valence electrons. The summed E-state index contributed by atoms with van der Waals surface area (Å²) in [5.74, 6) is 0.718. The van der Waals surface area contributed by atoms with Gasteiger partial charge in [0.2, 0.25) is 0 Å². The molecule has 2 N–H and O–H groups in total. The van der Waals surface area contributed by atoms with E-state index in [1.54, 1.807) is 48.5 Å². The predicted octanol–water partition coefficient (Wildman–Crippen LogP) is 5.97. The molecular weight excluding hydrogens is 516 g/mol. The highest BCUT2D eigenvalue weighted by molar-refractivity contribution is 7.85. The Labute approximate surface area is 228 Å². The minimum Gasteiger partial charge on any atom is -0.507 e. The third-order valence-electron chi connectivity index (χ3n) is 8.35. The molecule has 0 aliphatic heterocycles. The standard InChI is InChI=1S/C17H20O4S.C14H12O3/c1-16(2)14-8-9-17(16,3)15(18)13(14)10-11-4-6-12(7-5-11)22(19,20)21;1-17-11-7-8-12(13(15)9-11)14(16)10-5-3-2-4-6-10/h4-7,10,14H,8-9H2,1-3H3,(H,19,20,21);2-9,15H,1H3. The molecule has 39 heavy (non-hydrogen) atoms. The molecule has 8 heteroatoms. The topological polar surface area (TPSA) is 118 Å². The zero-order chi connectivity index (χ0) is 28.6. The quantitative estimate of drug-likeness (QED) is 0.229. The van der Waals surface area contributed by atoms with Gasteiger partial charge in [-0.2, -0.15) is 8.42 Å². The molecule has 2 unspecified atom stereocenters. The lowest BCUT2D eigenvalue weighted by Gasteiger charge is -2.31. The lowest BCUT2D eigenvalue weighted by Crippen LogP contribution is -2.32. The average Bonchev–Trinajstić information content (AvgIpc) is 3.22. The Morgan fingerprint density at radius 3 is 2.15 bits per heavy atom. The van der Waals surface area contributed by atoms with Crippen LogP contribution in [0.2, 0.25) is 0 Å². The maximum Gasteiger partial charge on any atom is 0.294 e. The predicted molar refractivity (Wildman–Crippen MR) is 148 cm³/mol. The van der Waals surface area contributed by atoms with Gasteiger partial charge in [-0.15, -0.1) is 0 Å². The number of phenolic OH excluding ortho intramolecular Hbond substituents is 1. The monoisotopic (exact) mass is 548 g/mol. The highest BCUT2D eigenvalue weighted by Crippen LogP contribution is 2.65. The van der Waals surface area contributed by atoms with E-state index >= 15 is 0 Å². The van der Waals surface area contributed by atoms with Crippen LogP contribution in [0.4, 0.5) is 0 Å². The fraction of sp³-hybridized carbons (Fsp3) is 0.290. The van der Waals surface area contributed by atoms with Crippen molar-refractivity contribution in [2.75, 3.05) is 7.11 Å². The number of allylic oxidation sites excluding steroid dienone is 1. The van der Waals surface area contributed by atoms with Crippen molar-refractivity contribution >= 4 is 27.8 Å². The lowest BCUT2D eigenvalue weighted by molar-refractivity contribution is -0.125. The van der Waals surface area contributed by atoms with E-state index in [0.717, 1.165) is 24.0 Å². The van der Waals surface area contributed by atoms with Gasteiger partial charge in [0.15, 0.2) is 11.6 Å². The summed E-state index contributed by atoms with van der Waals surface area (Å²) >= 11 is 0. The SMILES string of the molecule is CC12CCC(C(=Cc3ccc(S(=O)(=O)O)cc3)C1=O)C2(C)C.COc1ccc(C(=O)c2ccccc2)c(O)c1. The Morgan fingerprint density at radius 1 is 1.00 bits per heavy atom. The van der Waals surface area contributed by atoms with Crippen LogP contribution in [0.5, 0.6) is 11.5 Å². The largest absolute Gasteiger partial charge is 0.507 e. The molecule has 2 bridgehead atoms. The van der Waals surface area contributed by atoms with Gasteiger partial charge in [0.25, 0.3) is 10.1 Å². The molecule has 5 rings (SSSR count). The summed E-state index contributed by atoms with van der Waals surface area (Å²) in [5, 5.41) is 9.75. The van der Waals surface area contributed by atoms with E-state index in [1.807, 2.05) is 12.1 Å². The zero-order valence-electron chi connectivity index (χ0n) is 22.3. The van der Waals surface area contributed by atoms with Crippen molar-refractivity contribution in [3.63, 3.8) is 0 Å². The molecule has 0 aromatic heterocycles. The number of rotatable bonds is 5. The molecule has 2 atom stereocenters. The molecule has 7 nitrogen and oxygen atoms in total. The first-order valence-electron chi connectivity index (χ1n) is 12.6. The van der Waals surface area contributed by atoms with Gasteiger partial charge in [-0.05, 0) is 65.7 Å². The zero-order valence-corrected chi connectivity index (χ0v) is 23.2. The number of aromatic hydroxyl groups is 1. The van der Waals surface area contributed by atoms with Crippen molar-refractivity contribution in [2.24, 2.45) is 16.7 Å². The maximum absolute atomic E-state index is 12.7. The maximum atomic E-state index is 12.7. The van der Waals surface area contributed by atoms with E-state index in [0.29, 0.717) is 11.3 Å². The number of carbonyl (C=O) groups is 2. The Bertz CT molecular complexity index is 1540. The van der Waals surface area contributed by atoms with E-state index < -0.39 is 10.1 Å². The van der Waals surface area contributed by atoms with Crippen LogP contribution in [0.25, 0.3) is 6.08 Å². The molecule has 0 saturated heterocycles. The number of hydrogen-bond donors (Lipinski definition) is 2. The molecule has 0 heterocycles. The van der Waals surface area contributed by atoms with Crippen LogP contribution in [0.3, 0.4) is 0 Å². The number of Topliss-reactive ketones (excluding diaryl/α,β-unsaturated/α-hetero) is 1. The van der Waals surface area contributed by atoms with E-state index in [4.69, 9.17) is 9.29 Å². The molecule has 0 amide bonds. The van der Waals surface area contributed by atoms with Crippen molar-refractivity contribution in [1.82, 2.24) is 0 Å². The number of carbonyl (C=O) groups excluding carboxylic acids is 2. The second-order valence-corrected chi connectivity index (χ2v) is 12.1. The van der Waals surface area contributed by atoms with Gasteiger partial charge in [-0.25, -0.2) is 0 Å². The fourth-order valence-electron chi connectivity index (χ4n) is 5.58. The summed E-state index contributed by atoms with van der Waals surface area (Å²) in [5.41, 5.74) is 2.12. The van der Waals surface area contributed by atoms with E-state index in [9.17, 15) is 23.1 Å². The van der Waals surface area contributed by atoms with Crippen molar-refractivity contribution in [1.29, 1.82) is 0 Å². The third-order valence-corrected chi connectivity index (χ3v) is 9.22. The summed E-state index contributed by atoms with van der Waals surface area (Å²) in [7, 11) is -2.67. The van der Waals surface area contributed by atoms with Crippen LogP contribution in [-0.4, -0.2) is 36.8 Å². The normalized spacial score (nSPS) is 22.3. The number of benzene rings is 3. The Hall–Kier alpha value is -3.75. The minimum absolute atomic E-state index is 0.0374. The molecular formula is C31H32O7S. The molecule has 0 radical (unpaired) electrons. The smallest absolute Gasteiger partial charge is 0.294 e. The first kappa shape index (κ1) is 28.3. The van der Waals surface area contributed by atoms with Crippen LogP contribution in [0.1, 0.15) is 55.1 Å². The number of fused-ring (bicyclic) bond motifs is 2. The molecule has 2 aliphatic rings. The number of hydrogen-bond acceptors (Lipinski definition) is 6. The van der Waals surface area contributed by atoms with Gasteiger partial charge >= 0.3 is 0 Å². The van der Waals surface area contributed by atoms with Crippen LogP contribution < -0.4 is 4.74 Å². The highest BCUT2D eigenvalue weighted by Gasteiger charge is 2.63. The molecule has 3 aromatic carbocycles. The Balaban J connectivity index is 0.000000187. The summed E-state index contributed by atoms with van der Waals surface area (Å²) in [6.45, 7) is 6.37. The first-order chi connectivity index (χ1) is 18.3. The lowest BCUT2D eigenvalue weighted by atomic mass is 9.70. The third kappa shape index (κ3) is 5.27. The first-order valence-corrected chi connectivity index (χ1v) is 14.0. The number of ketones is 2. The Morgan fingerprint density at radius 2 is 1.64 bits per heavy atom. The summed E-state index contributed by atoms with van der Waals surface area (Å²) in [6, 6.07) is 19.4. The average molecular weight is 549 g/mol. The van der Waals surface area contributed by atoms with Gasteiger partial charge in [0.05, 0.1) is 17.6 Å². The van der Waals surface area contributed by atoms with Gasteiger partial charge < -0.3 is 9.84 Å². The summed E-state index contributed by atoms with van der Waals surface area (Å²) < 4.78 is 36.1. The van der Waals surface area contributed by atoms with Gasteiger partial charge in [-0.1, -0.05) is 63.2 Å². The summed E-state index contributed by atoms with van der Waals surface area (Å²) in [6.07, 6.45) is 3.82.